The van der Waals surface area contributed by atoms with Gasteiger partial charge in [0.2, 0.25) is 0 Å². The van der Waals surface area contributed by atoms with Gasteiger partial charge in [0.1, 0.15) is 6.61 Å². The van der Waals surface area contributed by atoms with Crippen molar-refractivity contribution in [2.45, 2.75) is 0 Å². The molecule has 0 atom stereocenters. The molecule has 0 aromatic heterocycles. The Kier molecular flexibility index (Phi) is 11.9. The standard InChI is InChI=1S/C4H9NO3.Ca.2H/c5-3-4(7)8-2-1-6;;;/h6H,1-3,5H2;;;. The zero-order valence-electron chi connectivity index (χ0n) is 4.46. The van der Waals surface area contributed by atoms with Gasteiger partial charge in [-0.3, -0.25) is 4.79 Å². The summed E-state index contributed by atoms with van der Waals surface area (Å²) in [6.45, 7) is -0.234. The van der Waals surface area contributed by atoms with E-state index in [1.807, 2.05) is 0 Å². The number of aliphatic hydroxyl groups excluding tert-OH is 1. The predicted octanol–water partition coefficient (Wildman–Crippen LogP) is -2.44. The number of hydrogen-bond donors (Lipinski definition) is 2. The summed E-state index contributed by atoms with van der Waals surface area (Å²) in [5, 5.41) is 8.09. The van der Waals surface area contributed by atoms with E-state index >= 15 is 0 Å². The number of ether oxygens (including phenoxy) is 1. The summed E-state index contributed by atoms with van der Waals surface area (Å²) in [6.07, 6.45) is 0. The number of carbonyl (C=O) groups excluding carboxylic acids is 1. The Morgan fingerprint density at radius 2 is 2.22 bits per heavy atom. The third-order valence-corrected chi connectivity index (χ3v) is 0.521. The van der Waals surface area contributed by atoms with E-state index in [0.717, 1.165) is 0 Å². The van der Waals surface area contributed by atoms with Crippen LogP contribution in [0.25, 0.3) is 0 Å². The molecule has 0 bridgehead atoms. The van der Waals surface area contributed by atoms with Crippen molar-refractivity contribution in [3.8, 4) is 0 Å². The molecule has 0 aliphatic carbocycles. The first-order valence-electron chi connectivity index (χ1n) is 2.27. The second-order valence-corrected chi connectivity index (χ2v) is 1.15. The minimum absolute atomic E-state index is 0. The number of rotatable bonds is 3. The Labute approximate surface area is 83.4 Å². The minimum atomic E-state index is -0.487. The maximum absolute atomic E-state index is 10.1. The average Bonchev–Trinajstić information content (AvgIpc) is 1.83. The molecule has 0 amide bonds. The summed E-state index contributed by atoms with van der Waals surface area (Å²) >= 11 is 0. The molecule has 4 nitrogen and oxygen atoms in total. The molecule has 0 heterocycles. The van der Waals surface area contributed by atoms with Crippen LogP contribution in [0, 0.1) is 0 Å². The normalized spacial score (nSPS) is 7.78. The summed E-state index contributed by atoms with van der Waals surface area (Å²) in [5.74, 6) is -0.487. The molecule has 0 aliphatic heterocycles. The fraction of sp³-hybridized carbons (Fsp3) is 0.750. The molecule has 0 saturated heterocycles. The van der Waals surface area contributed by atoms with E-state index in [4.69, 9.17) is 10.8 Å². The van der Waals surface area contributed by atoms with Crippen molar-refractivity contribution in [1.29, 1.82) is 0 Å². The van der Waals surface area contributed by atoms with Gasteiger partial charge in [0.25, 0.3) is 0 Å². The molecule has 0 aliphatic rings. The number of nitrogens with two attached hydrogens (primary N) is 1. The molecule has 3 N–H and O–H groups in total. The van der Waals surface area contributed by atoms with Gasteiger partial charge in [0.05, 0.1) is 13.2 Å². The molecule has 0 saturated carbocycles. The van der Waals surface area contributed by atoms with E-state index in [9.17, 15) is 4.79 Å². The fourth-order valence-electron chi connectivity index (χ4n) is 0.218. The second kappa shape index (κ2) is 8.65. The van der Waals surface area contributed by atoms with Crippen LogP contribution in [0.2, 0.25) is 0 Å². The molecule has 9 heavy (non-hydrogen) atoms. The average molecular weight is 161 g/mol. The van der Waals surface area contributed by atoms with Gasteiger partial charge in [-0.2, -0.15) is 0 Å². The van der Waals surface area contributed by atoms with Crippen LogP contribution < -0.4 is 5.73 Å². The first-order chi connectivity index (χ1) is 3.81. The zero-order chi connectivity index (χ0) is 6.41. The number of aliphatic hydroxyl groups is 1. The van der Waals surface area contributed by atoms with E-state index < -0.39 is 5.97 Å². The van der Waals surface area contributed by atoms with Crippen molar-refractivity contribution in [2.75, 3.05) is 19.8 Å². The molecule has 0 aromatic rings. The van der Waals surface area contributed by atoms with Crippen LogP contribution in [0.1, 0.15) is 0 Å². The maximum atomic E-state index is 10.1. The van der Waals surface area contributed by atoms with E-state index in [2.05, 4.69) is 4.74 Å². The fourth-order valence-corrected chi connectivity index (χ4v) is 0.218. The Hall–Kier alpha value is 0.650. The van der Waals surface area contributed by atoms with Crippen molar-refractivity contribution in [3.63, 3.8) is 0 Å². The van der Waals surface area contributed by atoms with Crippen LogP contribution in [0.15, 0.2) is 0 Å². The molecule has 5 heteroatoms. The Balaban J connectivity index is 0. The van der Waals surface area contributed by atoms with Crippen LogP contribution in [0.4, 0.5) is 0 Å². The summed E-state index contributed by atoms with van der Waals surface area (Å²) in [6, 6.07) is 0. The molecule has 0 aromatic carbocycles. The van der Waals surface area contributed by atoms with E-state index in [1.54, 1.807) is 0 Å². The molecule has 0 fully saturated rings. The van der Waals surface area contributed by atoms with Gasteiger partial charge >= 0.3 is 43.7 Å². The Bertz CT molecular complexity index is 78.2. The number of esters is 1. The molecular weight excluding hydrogens is 150 g/mol. The summed E-state index contributed by atoms with van der Waals surface area (Å²) in [7, 11) is 0. The third-order valence-electron chi connectivity index (χ3n) is 0.521. The first-order valence-corrected chi connectivity index (χ1v) is 2.27. The van der Waals surface area contributed by atoms with Crippen molar-refractivity contribution in [3.05, 3.63) is 0 Å². The van der Waals surface area contributed by atoms with Gasteiger partial charge in [-0.15, -0.1) is 0 Å². The first kappa shape index (κ1) is 12.3. The van der Waals surface area contributed by atoms with Gasteiger partial charge < -0.3 is 15.6 Å². The molecule has 0 rings (SSSR count). The van der Waals surface area contributed by atoms with Gasteiger partial charge in [-0.05, 0) is 0 Å². The Morgan fingerprint density at radius 1 is 1.67 bits per heavy atom. The second-order valence-electron chi connectivity index (χ2n) is 1.15. The van der Waals surface area contributed by atoms with E-state index in [-0.39, 0.29) is 57.5 Å². The Morgan fingerprint density at radius 3 is 2.56 bits per heavy atom. The summed E-state index contributed by atoms with van der Waals surface area (Å²) < 4.78 is 4.33. The SMILES string of the molecule is NCC(=O)OCCO.[CaH2]. The van der Waals surface area contributed by atoms with Crippen molar-refractivity contribution < 1.29 is 14.6 Å². The molecule has 0 spiro atoms. The van der Waals surface area contributed by atoms with Crippen LogP contribution in [-0.4, -0.2) is 68.6 Å². The van der Waals surface area contributed by atoms with Crippen LogP contribution in [0.3, 0.4) is 0 Å². The monoisotopic (exact) mass is 161 g/mol. The van der Waals surface area contributed by atoms with E-state index in [0.29, 0.717) is 0 Å². The van der Waals surface area contributed by atoms with Gasteiger partial charge in [0, 0.05) is 0 Å². The molecule has 0 unspecified atom stereocenters. The molecule has 52 valence electrons. The van der Waals surface area contributed by atoms with Crippen LogP contribution >= 0.6 is 0 Å². The molecule has 0 radical (unpaired) electrons. The number of hydrogen-bond acceptors (Lipinski definition) is 4. The van der Waals surface area contributed by atoms with Gasteiger partial charge in [-0.25, -0.2) is 0 Å². The predicted molar refractivity (Wildman–Crippen MR) is 35.6 cm³/mol. The van der Waals surface area contributed by atoms with Gasteiger partial charge in [0.15, 0.2) is 0 Å². The van der Waals surface area contributed by atoms with Gasteiger partial charge in [-0.1, -0.05) is 0 Å². The third kappa shape index (κ3) is 8.65. The van der Waals surface area contributed by atoms with Crippen LogP contribution in [-0.2, 0) is 9.53 Å². The zero-order valence-corrected chi connectivity index (χ0v) is 4.46. The molecular formula is C4H11CaNO3. The van der Waals surface area contributed by atoms with Crippen molar-refractivity contribution in [2.24, 2.45) is 5.73 Å². The topological polar surface area (TPSA) is 72.6 Å². The summed E-state index contributed by atoms with van der Waals surface area (Å²) in [5.41, 5.74) is 4.86. The van der Waals surface area contributed by atoms with E-state index in [1.165, 1.54) is 0 Å². The quantitative estimate of drug-likeness (QED) is 0.356. The van der Waals surface area contributed by atoms with Crippen molar-refractivity contribution >= 4 is 43.7 Å². The van der Waals surface area contributed by atoms with Crippen LogP contribution in [0.5, 0.6) is 0 Å². The van der Waals surface area contributed by atoms with Crippen molar-refractivity contribution in [1.82, 2.24) is 0 Å². The summed E-state index contributed by atoms with van der Waals surface area (Å²) in [4.78, 5) is 10.1. The number of carbonyl (C=O) groups is 1.